The van der Waals surface area contributed by atoms with Crippen molar-refractivity contribution in [1.29, 1.82) is 0 Å². The number of carbonyl (C=O) groups is 1. The summed E-state index contributed by atoms with van der Waals surface area (Å²) in [5.74, 6) is 0.0864. The molecule has 2 heterocycles. The summed E-state index contributed by atoms with van der Waals surface area (Å²) in [4.78, 5) is 14.5. The van der Waals surface area contributed by atoms with Gasteiger partial charge in [-0.2, -0.15) is 17.0 Å². The number of hydrogen-bond donors (Lipinski definition) is 0. The van der Waals surface area contributed by atoms with Crippen LogP contribution in [0.1, 0.15) is 31.9 Å². The van der Waals surface area contributed by atoms with Gasteiger partial charge in [0.2, 0.25) is 5.91 Å². The Morgan fingerprint density at radius 3 is 2.36 bits per heavy atom. The lowest BCUT2D eigenvalue weighted by molar-refractivity contribution is -0.132. The number of rotatable bonds is 6. The Hall–Kier alpha value is -1.90. The Kier molecular flexibility index (Phi) is 6.12. The molecule has 3 rings (SSSR count). The maximum atomic E-state index is 12.7. The Labute approximate surface area is 167 Å². The highest BCUT2D eigenvalue weighted by Crippen LogP contribution is 2.25. The molecular weight excluding hydrogens is 376 g/mol. The predicted octanol–water partition coefficient (Wildman–Crippen LogP) is 2.11. The lowest BCUT2D eigenvalue weighted by Gasteiger charge is -2.35. The first-order valence-corrected chi connectivity index (χ1v) is 11.2. The van der Waals surface area contributed by atoms with E-state index in [1.165, 1.54) is 39.2 Å². The third-order valence-corrected chi connectivity index (χ3v) is 7.31. The van der Waals surface area contributed by atoms with E-state index in [0.29, 0.717) is 45.1 Å². The van der Waals surface area contributed by atoms with Gasteiger partial charge in [0.1, 0.15) is 0 Å². The van der Waals surface area contributed by atoms with Gasteiger partial charge in [0.05, 0.1) is 0 Å². The highest BCUT2D eigenvalue weighted by molar-refractivity contribution is 7.86. The molecule has 7 nitrogen and oxygen atoms in total. The minimum Gasteiger partial charge on any atom is -0.345 e. The maximum absolute atomic E-state index is 12.7. The number of hydrogen-bond acceptors (Lipinski definition) is 3. The maximum Gasteiger partial charge on any atom is 0.281 e. The van der Waals surface area contributed by atoms with E-state index in [1.54, 1.807) is 4.90 Å². The van der Waals surface area contributed by atoms with Gasteiger partial charge in [0.15, 0.2) is 0 Å². The first kappa shape index (κ1) is 20.8. The summed E-state index contributed by atoms with van der Waals surface area (Å²) in [5, 5.41) is 1.20. The van der Waals surface area contributed by atoms with Crippen LogP contribution in [0.5, 0.6) is 0 Å². The first-order chi connectivity index (χ1) is 13.2. The second-order valence-electron chi connectivity index (χ2n) is 7.74. The van der Waals surface area contributed by atoms with Gasteiger partial charge in [-0.1, -0.05) is 18.2 Å². The zero-order valence-corrected chi connectivity index (χ0v) is 17.9. The van der Waals surface area contributed by atoms with E-state index in [-0.39, 0.29) is 5.91 Å². The topological polar surface area (TPSA) is 65.9 Å². The first-order valence-electron chi connectivity index (χ1n) is 9.75. The van der Waals surface area contributed by atoms with Gasteiger partial charge in [0, 0.05) is 69.8 Å². The second-order valence-corrected chi connectivity index (χ2v) is 9.88. The third-order valence-electron chi connectivity index (χ3n) is 5.37. The highest BCUT2D eigenvalue weighted by atomic mass is 32.2. The summed E-state index contributed by atoms with van der Waals surface area (Å²) in [7, 11) is -0.352. The normalized spacial score (nSPS) is 16.4. The van der Waals surface area contributed by atoms with E-state index in [2.05, 4.69) is 36.7 Å². The molecule has 0 spiro atoms. The fourth-order valence-electron chi connectivity index (χ4n) is 3.70. The van der Waals surface area contributed by atoms with Crippen LogP contribution in [-0.4, -0.2) is 72.7 Å². The van der Waals surface area contributed by atoms with Crippen molar-refractivity contribution in [1.82, 2.24) is 18.1 Å². The molecule has 28 heavy (non-hydrogen) atoms. The Balaban J connectivity index is 1.62. The Morgan fingerprint density at radius 2 is 1.75 bits per heavy atom. The van der Waals surface area contributed by atoms with Crippen LogP contribution in [0.3, 0.4) is 0 Å². The standard InChI is InChI=1S/C20H30N4O3S/c1-16(2)24-15-17(18-7-5-6-8-19(18)24)9-10-20(25)22-11-13-23(14-12-22)28(26,27)21(3)4/h5-8,15-16H,9-14H2,1-4H3. The van der Waals surface area contributed by atoms with E-state index in [9.17, 15) is 13.2 Å². The second kappa shape index (κ2) is 8.23. The van der Waals surface area contributed by atoms with Crippen LogP contribution in [0, 0.1) is 0 Å². The molecule has 0 unspecified atom stereocenters. The number of nitrogens with zero attached hydrogens (tertiary/aromatic N) is 4. The highest BCUT2D eigenvalue weighted by Gasteiger charge is 2.30. The molecule has 0 bridgehead atoms. The minimum atomic E-state index is -3.41. The van der Waals surface area contributed by atoms with Crippen LogP contribution >= 0.6 is 0 Å². The molecule has 154 valence electrons. The average molecular weight is 407 g/mol. The summed E-state index contributed by atoms with van der Waals surface area (Å²) in [6.45, 7) is 5.89. The SMILES string of the molecule is CC(C)n1cc(CCC(=O)N2CCN(S(=O)(=O)N(C)C)CC2)c2ccccc21. The molecule has 1 aliphatic rings. The molecule has 1 aromatic carbocycles. The summed E-state index contributed by atoms with van der Waals surface area (Å²) in [5.41, 5.74) is 2.38. The summed E-state index contributed by atoms with van der Waals surface area (Å²) >= 11 is 0. The summed E-state index contributed by atoms with van der Waals surface area (Å²) < 4.78 is 29.3. The van der Waals surface area contributed by atoms with Crippen LogP contribution in [0.15, 0.2) is 30.5 Å². The summed E-state index contributed by atoms with van der Waals surface area (Å²) in [6, 6.07) is 8.66. The quantitative estimate of drug-likeness (QED) is 0.738. The number of para-hydroxylation sites is 1. The van der Waals surface area contributed by atoms with Crippen LogP contribution in [0.25, 0.3) is 10.9 Å². The molecule has 1 saturated heterocycles. The van der Waals surface area contributed by atoms with Gasteiger partial charge in [-0.15, -0.1) is 0 Å². The van der Waals surface area contributed by atoms with Gasteiger partial charge in [-0.25, -0.2) is 0 Å². The minimum absolute atomic E-state index is 0.0864. The smallest absolute Gasteiger partial charge is 0.281 e. The van der Waals surface area contributed by atoms with Crippen molar-refractivity contribution in [2.75, 3.05) is 40.3 Å². The van der Waals surface area contributed by atoms with Crippen molar-refractivity contribution < 1.29 is 13.2 Å². The molecule has 1 amide bonds. The molecule has 0 saturated carbocycles. The van der Waals surface area contributed by atoms with Gasteiger partial charge in [-0.05, 0) is 31.9 Å². The van der Waals surface area contributed by atoms with Gasteiger partial charge >= 0.3 is 0 Å². The zero-order valence-electron chi connectivity index (χ0n) is 17.1. The van der Waals surface area contributed by atoms with Crippen molar-refractivity contribution in [3.8, 4) is 0 Å². The molecule has 1 aliphatic heterocycles. The van der Waals surface area contributed by atoms with Crippen molar-refractivity contribution in [2.45, 2.75) is 32.7 Å². The van der Waals surface area contributed by atoms with Crippen molar-refractivity contribution in [2.24, 2.45) is 0 Å². The molecule has 2 aromatic rings. The molecule has 8 heteroatoms. The lowest BCUT2D eigenvalue weighted by atomic mass is 10.1. The van der Waals surface area contributed by atoms with Crippen LogP contribution < -0.4 is 0 Å². The van der Waals surface area contributed by atoms with Crippen LogP contribution in [0.2, 0.25) is 0 Å². The number of carbonyl (C=O) groups excluding carboxylic acids is 1. The fourth-order valence-corrected chi connectivity index (χ4v) is 4.79. The summed E-state index contributed by atoms with van der Waals surface area (Å²) in [6.07, 6.45) is 3.28. The Morgan fingerprint density at radius 1 is 1.11 bits per heavy atom. The Bertz CT molecular complexity index is 942. The van der Waals surface area contributed by atoms with Crippen molar-refractivity contribution in [3.05, 3.63) is 36.0 Å². The molecule has 0 radical (unpaired) electrons. The number of fused-ring (bicyclic) bond motifs is 1. The van der Waals surface area contributed by atoms with E-state index in [0.717, 1.165) is 0 Å². The van der Waals surface area contributed by atoms with Gasteiger partial charge < -0.3 is 9.47 Å². The molecule has 0 aliphatic carbocycles. The average Bonchev–Trinajstić information content (AvgIpc) is 3.05. The van der Waals surface area contributed by atoms with E-state index >= 15 is 0 Å². The van der Waals surface area contributed by atoms with E-state index in [1.807, 2.05) is 12.1 Å². The predicted molar refractivity (Wildman–Crippen MR) is 111 cm³/mol. The van der Waals surface area contributed by atoms with Crippen molar-refractivity contribution >= 4 is 27.0 Å². The number of benzene rings is 1. The largest absolute Gasteiger partial charge is 0.345 e. The van der Waals surface area contributed by atoms with Crippen LogP contribution in [0.4, 0.5) is 0 Å². The molecular formula is C20H30N4O3S. The van der Waals surface area contributed by atoms with Gasteiger partial charge in [0.25, 0.3) is 10.2 Å². The zero-order chi connectivity index (χ0) is 20.5. The van der Waals surface area contributed by atoms with E-state index in [4.69, 9.17) is 0 Å². The molecule has 0 atom stereocenters. The monoisotopic (exact) mass is 406 g/mol. The van der Waals surface area contributed by atoms with Crippen molar-refractivity contribution in [3.63, 3.8) is 0 Å². The van der Waals surface area contributed by atoms with Crippen LogP contribution in [-0.2, 0) is 21.4 Å². The van der Waals surface area contributed by atoms with E-state index < -0.39 is 10.2 Å². The van der Waals surface area contributed by atoms with Gasteiger partial charge in [-0.3, -0.25) is 4.79 Å². The number of piperazine rings is 1. The lowest BCUT2D eigenvalue weighted by Crippen LogP contribution is -2.53. The number of aryl methyl sites for hydroxylation is 1. The third kappa shape index (κ3) is 4.09. The molecule has 1 aromatic heterocycles. The fraction of sp³-hybridized carbons (Fsp3) is 0.550. The number of amides is 1. The number of aromatic nitrogens is 1. The molecule has 0 N–H and O–H groups in total. The molecule has 1 fully saturated rings.